The molecule has 3 atom stereocenters. The lowest BCUT2D eigenvalue weighted by atomic mass is 9.89. The van der Waals surface area contributed by atoms with Gasteiger partial charge in [0.25, 0.3) is 0 Å². The lowest BCUT2D eigenvalue weighted by Gasteiger charge is -2.29. The second-order valence-corrected chi connectivity index (χ2v) is 7.88. The molecule has 1 aromatic carbocycles. The van der Waals surface area contributed by atoms with E-state index in [0.717, 1.165) is 39.0 Å². The molecule has 2 amide bonds. The monoisotopic (exact) mass is 408 g/mol. The summed E-state index contributed by atoms with van der Waals surface area (Å²) in [7, 11) is 0. The number of carbonyl (C=O) groups is 2. The number of hydrogen-bond donors (Lipinski definition) is 2. The first-order valence-corrected chi connectivity index (χ1v) is 10.1. The van der Waals surface area contributed by atoms with Crippen LogP contribution in [0.1, 0.15) is 37.7 Å². The second kappa shape index (κ2) is 10.8. The van der Waals surface area contributed by atoms with E-state index in [9.17, 15) is 9.59 Å². The van der Waals surface area contributed by atoms with Crippen LogP contribution in [0.15, 0.2) is 30.3 Å². The SMILES string of the molecule is CC(NC(=O)CN1C[C@@H](CN)[C@H](c2ccccc2)C1)C(=O)N1CCCCC1.Cl. The summed E-state index contributed by atoms with van der Waals surface area (Å²) in [6.07, 6.45) is 3.30. The van der Waals surface area contributed by atoms with Gasteiger partial charge in [-0.1, -0.05) is 30.3 Å². The maximum atomic E-state index is 12.5. The van der Waals surface area contributed by atoms with Gasteiger partial charge in [-0.25, -0.2) is 0 Å². The third-order valence-electron chi connectivity index (χ3n) is 5.83. The Kier molecular flexibility index (Phi) is 8.73. The maximum absolute atomic E-state index is 12.5. The number of hydrogen-bond acceptors (Lipinski definition) is 4. The van der Waals surface area contributed by atoms with Gasteiger partial charge in [0.15, 0.2) is 0 Å². The highest BCUT2D eigenvalue weighted by atomic mass is 35.5. The van der Waals surface area contributed by atoms with Crippen molar-refractivity contribution in [1.29, 1.82) is 0 Å². The predicted octanol–water partition coefficient (Wildman–Crippen LogP) is 1.60. The first kappa shape index (κ1) is 22.7. The zero-order valence-corrected chi connectivity index (χ0v) is 17.5. The molecule has 0 bridgehead atoms. The lowest BCUT2D eigenvalue weighted by molar-refractivity contribution is -0.136. The lowest BCUT2D eigenvalue weighted by Crippen LogP contribution is -2.50. The number of nitrogens with two attached hydrogens (primary N) is 1. The fourth-order valence-electron chi connectivity index (χ4n) is 4.35. The van der Waals surface area contributed by atoms with E-state index in [1.807, 2.05) is 23.1 Å². The Morgan fingerprint density at radius 3 is 2.46 bits per heavy atom. The molecule has 0 radical (unpaired) electrons. The van der Waals surface area contributed by atoms with E-state index in [2.05, 4.69) is 22.3 Å². The van der Waals surface area contributed by atoms with Crippen molar-refractivity contribution in [3.63, 3.8) is 0 Å². The molecule has 0 aliphatic carbocycles. The first-order valence-electron chi connectivity index (χ1n) is 10.1. The van der Waals surface area contributed by atoms with Gasteiger partial charge >= 0.3 is 0 Å². The molecule has 2 heterocycles. The summed E-state index contributed by atoms with van der Waals surface area (Å²) >= 11 is 0. The zero-order valence-electron chi connectivity index (χ0n) is 16.7. The Morgan fingerprint density at radius 2 is 1.82 bits per heavy atom. The molecule has 1 unspecified atom stereocenters. The molecule has 2 fully saturated rings. The Hall–Kier alpha value is -1.63. The molecule has 2 saturated heterocycles. The van der Waals surface area contributed by atoms with Crippen LogP contribution in [-0.2, 0) is 9.59 Å². The van der Waals surface area contributed by atoms with Crippen molar-refractivity contribution in [1.82, 2.24) is 15.1 Å². The normalized spacial score (nSPS) is 23.7. The topological polar surface area (TPSA) is 78.7 Å². The highest BCUT2D eigenvalue weighted by Crippen LogP contribution is 2.31. The highest BCUT2D eigenvalue weighted by molar-refractivity contribution is 5.88. The van der Waals surface area contributed by atoms with Crippen LogP contribution in [0, 0.1) is 5.92 Å². The Labute approximate surface area is 174 Å². The molecule has 7 heteroatoms. The minimum Gasteiger partial charge on any atom is -0.343 e. The summed E-state index contributed by atoms with van der Waals surface area (Å²) in [5.74, 6) is 0.660. The third-order valence-corrected chi connectivity index (χ3v) is 5.83. The van der Waals surface area contributed by atoms with E-state index < -0.39 is 6.04 Å². The van der Waals surface area contributed by atoms with Crippen molar-refractivity contribution in [2.75, 3.05) is 39.3 Å². The van der Waals surface area contributed by atoms with Crippen LogP contribution in [0.5, 0.6) is 0 Å². The van der Waals surface area contributed by atoms with Crippen LogP contribution >= 0.6 is 12.4 Å². The summed E-state index contributed by atoms with van der Waals surface area (Å²) in [5.41, 5.74) is 7.26. The quantitative estimate of drug-likeness (QED) is 0.749. The molecule has 6 nitrogen and oxygen atoms in total. The van der Waals surface area contributed by atoms with E-state index in [4.69, 9.17) is 5.73 Å². The first-order chi connectivity index (χ1) is 13.1. The van der Waals surface area contributed by atoms with E-state index in [-0.39, 0.29) is 24.2 Å². The van der Waals surface area contributed by atoms with Crippen molar-refractivity contribution in [2.45, 2.75) is 38.1 Å². The molecule has 2 aliphatic rings. The van der Waals surface area contributed by atoms with E-state index >= 15 is 0 Å². The number of carbonyl (C=O) groups excluding carboxylic acids is 2. The summed E-state index contributed by atoms with van der Waals surface area (Å²) in [5, 5.41) is 2.89. The standard InChI is InChI=1S/C21H32N4O2.ClH/c1-16(21(27)25-10-6-3-7-11-25)23-20(26)15-24-13-18(12-22)19(14-24)17-8-4-2-5-9-17;/h2,4-5,8-9,16,18-19H,3,6-7,10-15,22H2,1H3,(H,23,26);1H/t16?,18-,19+;/m1./s1. The number of nitrogens with zero attached hydrogens (tertiary/aromatic N) is 2. The molecule has 3 rings (SSSR count). The van der Waals surface area contributed by atoms with Gasteiger partial charge in [0.1, 0.15) is 6.04 Å². The Balaban J connectivity index is 0.00000280. The summed E-state index contributed by atoms with van der Waals surface area (Å²) in [6.45, 7) is 5.98. The van der Waals surface area contributed by atoms with Crippen molar-refractivity contribution >= 4 is 24.2 Å². The number of amides is 2. The number of piperidine rings is 1. The maximum Gasteiger partial charge on any atom is 0.244 e. The zero-order chi connectivity index (χ0) is 19.2. The average molecular weight is 409 g/mol. The van der Waals surface area contributed by atoms with Crippen molar-refractivity contribution < 1.29 is 9.59 Å². The van der Waals surface area contributed by atoms with E-state index in [1.165, 1.54) is 12.0 Å². The van der Waals surface area contributed by atoms with Crippen LogP contribution in [0.4, 0.5) is 0 Å². The summed E-state index contributed by atoms with van der Waals surface area (Å²) < 4.78 is 0. The molecule has 28 heavy (non-hydrogen) atoms. The predicted molar refractivity (Wildman–Crippen MR) is 113 cm³/mol. The minimum atomic E-state index is -0.464. The number of halogens is 1. The van der Waals surface area contributed by atoms with Gasteiger partial charge < -0.3 is 16.0 Å². The Morgan fingerprint density at radius 1 is 1.14 bits per heavy atom. The van der Waals surface area contributed by atoms with Gasteiger partial charge in [-0.15, -0.1) is 12.4 Å². The average Bonchev–Trinajstić information content (AvgIpc) is 3.11. The van der Waals surface area contributed by atoms with Crippen molar-refractivity contribution in [3.05, 3.63) is 35.9 Å². The fourth-order valence-corrected chi connectivity index (χ4v) is 4.35. The molecule has 0 saturated carbocycles. The molecule has 156 valence electrons. The van der Waals surface area contributed by atoms with Crippen LogP contribution in [0.3, 0.4) is 0 Å². The van der Waals surface area contributed by atoms with Crippen LogP contribution in [0.2, 0.25) is 0 Å². The van der Waals surface area contributed by atoms with Gasteiger partial charge in [-0.3, -0.25) is 14.5 Å². The number of nitrogens with one attached hydrogen (secondary N) is 1. The number of likely N-dealkylation sites (tertiary alicyclic amines) is 2. The smallest absolute Gasteiger partial charge is 0.244 e. The van der Waals surface area contributed by atoms with Crippen molar-refractivity contribution in [3.8, 4) is 0 Å². The molecule has 1 aromatic rings. The molecular weight excluding hydrogens is 376 g/mol. The minimum absolute atomic E-state index is 0. The largest absolute Gasteiger partial charge is 0.343 e. The van der Waals surface area contributed by atoms with Gasteiger partial charge in [0, 0.05) is 32.1 Å². The summed E-state index contributed by atoms with van der Waals surface area (Å²) in [6, 6.07) is 9.92. The van der Waals surface area contributed by atoms with Gasteiger partial charge in [-0.05, 0) is 44.2 Å². The number of rotatable bonds is 6. The van der Waals surface area contributed by atoms with Crippen LogP contribution in [-0.4, -0.2) is 66.9 Å². The summed E-state index contributed by atoms with van der Waals surface area (Å²) in [4.78, 5) is 29.0. The molecule has 0 spiro atoms. The highest BCUT2D eigenvalue weighted by Gasteiger charge is 2.34. The molecule has 2 aliphatic heterocycles. The third kappa shape index (κ3) is 5.69. The fraction of sp³-hybridized carbons (Fsp3) is 0.619. The van der Waals surface area contributed by atoms with E-state index in [1.54, 1.807) is 6.92 Å². The van der Waals surface area contributed by atoms with Gasteiger partial charge in [0.05, 0.1) is 6.54 Å². The van der Waals surface area contributed by atoms with Gasteiger partial charge in [0.2, 0.25) is 11.8 Å². The molecule has 3 N–H and O–H groups in total. The number of benzene rings is 1. The molecular formula is C21H33ClN4O2. The van der Waals surface area contributed by atoms with Crippen LogP contribution < -0.4 is 11.1 Å². The van der Waals surface area contributed by atoms with E-state index in [0.29, 0.717) is 24.9 Å². The van der Waals surface area contributed by atoms with Gasteiger partial charge in [-0.2, -0.15) is 0 Å². The molecule has 0 aromatic heterocycles. The second-order valence-electron chi connectivity index (χ2n) is 7.88. The Bertz CT molecular complexity index is 637. The van der Waals surface area contributed by atoms with Crippen molar-refractivity contribution in [2.24, 2.45) is 11.7 Å². The van der Waals surface area contributed by atoms with Crippen LogP contribution in [0.25, 0.3) is 0 Å².